The van der Waals surface area contributed by atoms with E-state index in [2.05, 4.69) is 4.98 Å². The second-order valence-corrected chi connectivity index (χ2v) is 4.45. The fourth-order valence-corrected chi connectivity index (χ4v) is 2.02. The van der Waals surface area contributed by atoms with Gasteiger partial charge in [0.15, 0.2) is 6.23 Å². The molecule has 2 rings (SSSR count). The maximum atomic E-state index is 14.1. The van der Waals surface area contributed by atoms with Crippen molar-refractivity contribution in [2.45, 2.75) is 23.6 Å². The molecule has 2 heterocycles. The number of rotatable bonds is 2. The van der Waals surface area contributed by atoms with E-state index in [1.54, 1.807) is 0 Å². The van der Waals surface area contributed by atoms with Crippen LogP contribution in [0.1, 0.15) is 6.23 Å². The standard InChI is InChI=1S/C9H11ClFN3O4/c10-9(11)6(16)4(3-15)18-7(9)14-2-1-5(12)13-8(14)17/h1-2,4,6-7,15-16H,3H2,(H2,12,13,17)/t4-,6-,7-,9+/m1/s1. The van der Waals surface area contributed by atoms with Crippen molar-refractivity contribution in [3.63, 3.8) is 0 Å². The van der Waals surface area contributed by atoms with Crippen LogP contribution in [0.5, 0.6) is 0 Å². The van der Waals surface area contributed by atoms with Crippen LogP contribution in [0.4, 0.5) is 10.2 Å². The molecule has 0 radical (unpaired) electrons. The second-order valence-electron chi connectivity index (χ2n) is 3.87. The van der Waals surface area contributed by atoms with Gasteiger partial charge in [-0.3, -0.25) is 4.57 Å². The number of hydrogen-bond acceptors (Lipinski definition) is 6. The zero-order valence-corrected chi connectivity index (χ0v) is 9.79. The maximum absolute atomic E-state index is 14.1. The van der Waals surface area contributed by atoms with Gasteiger partial charge < -0.3 is 20.7 Å². The van der Waals surface area contributed by atoms with E-state index in [-0.39, 0.29) is 5.82 Å². The number of halogens is 2. The first kappa shape index (κ1) is 13.2. The summed E-state index contributed by atoms with van der Waals surface area (Å²) in [5, 5.41) is 15.7. The summed E-state index contributed by atoms with van der Waals surface area (Å²) in [7, 11) is 0. The molecule has 0 aromatic carbocycles. The van der Waals surface area contributed by atoms with Gasteiger partial charge in [-0.25, -0.2) is 9.18 Å². The summed E-state index contributed by atoms with van der Waals surface area (Å²) in [6, 6.07) is 1.26. The van der Waals surface area contributed by atoms with Crippen molar-refractivity contribution in [2.75, 3.05) is 12.3 Å². The van der Waals surface area contributed by atoms with E-state index in [0.717, 1.165) is 10.8 Å². The third-order valence-corrected chi connectivity index (χ3v) is 3.07. The Morgan fingerprint density at radius 3 is 2.89 bits per heavy atom. The number of nitrogen functional groups attached to an aromatic ring is 1. The third kappa shape index (κ3) is 1.97. The molecule has 1 aliphatic heterocycles. The van der Waals surface area contributed by atoms with Gasteiger partial charge in [0.2, 0.25) is 0 Å². The predicted molar refractivity (Wildman–Crippen MR) is 59.6 cm³/mol. The first-order valence-electron chi connectivity index (χ1n) is 5.04. The van der Waals surface area contributed by atoms with Crippen LogP contribution in [0.25, 0.3) is 0 Å². The molecule has 0 amide bonds. The summed E-state index contributed by atoms with van der Waals surface area (Å²) in [5.74, 6) is -0.0347. The molecule has 9 heteroatoms. The zero-order chi connectivity index (χ0) is 13.5. The first-order valence-corrected chi connectivity index (χ1v) is 5.42. The first-order chi connectivity index (χ1) is 8.37. The van der Waals surface area contributed by atoms with Gasteiger partial charge in [0.05, 0.1) is 6.61 Å². The van der Waals surface area contributed by atoms with Crippen LogP contribution in [-0.4, -0.2) is 43.7 Å². The predicted octanol–water partition coefficient (Wildman–Crippen LogP) is -1.02. The lowest BCUT2D eigenvalue weighted by atomic mass is 10.1. The van der Waals surface area contributed by atoms with Crippen molar-refractivity contribution in [2.24, 2.45) is 0 Å². The maximum Gasteiger partial charge on any atom is 0.351 e. The minimum atomic E-state index is -2.74. The molecular formula is C9H11ClFN3O4. The quantitative estimate of drug-likeness (QED) is 0.598. The van der Waals surface area contributed by atoms with Crippen molar-refractivity contribution in [1.29, 1.82) is 0 Å². The van der Waals surface area contributed by atoms with Gasteiger partial charge >= 0.3 is 5.69 Å². The van der Waals surface area contributed by atoms with E-state index in [0.29, 0.717) is 0 Å². The number of aliphatic hydroxyl groups excluding tert-OH is 2. The number of aromatic nitrogens is 2. The summed E-state index contributed by atoms with van der Waals surface area (Å²) in [5.41, 5.74) is 4.43. The highest BCUT2D eigenvalue weighted by Gasteiger charge is 2.57. The summed E-state index contributed by atoms with van der Waals surface area (Å²) in [4.78, 5) is 14.9. The Labute approximate surface area is 106 Å². The Hall–Kier alpha value is -1.22. The molecule has 7 nitrogen and oxygen atoms in total. The Morgan fingerprint density at radius 2 is 2.39 bits per heavy atom. The van der Waals surface area contributed by atoms with Gasteiger partial charge in [-0.05, 0) is 6.07 Å². The molecular weight excluding hydrogens is 269 g/mol. The van der Waals surface area contributed by atoms with Crippen molar-refractivity contribution in [3.8, 4) is 0 Å². The van der Waals surface area contributed by atoms with Gasteiger partial charge in [0, 0.05) is 6.20 Å². The largest absolute Gasteiger partial charge is 0.394 e. The molecule has 1 fully saturated rings. The lowest BCUT2D eigenvalue weighted by Crippen LogP contribution is -2.41. The van der Waals surface area contributed by atoms with Gasteiger partial charge in [-0.2, -0.15) is 4.98 Å². The van der Waals surface area contributed by atoms with Gasteiger partial charge in [-0.15, -0.1) is 0 Å². The molecule has 1 aliphatic rings. The van der Waals surface area contributed by atoms with Crippen molar-refractivity contribution in [1.82, 2.24) is 9.55 Å². The monoisotopic (exact) mass is 279 g/mol. The summed E-state index contributed by atoms with van der Waals surface area (Å²) >= 11 is 5.53. The highest BCUT2D eigenvalue weighted by atomic mass is 35.5. The van der Waals surface area contributed by atoms with Crippen LogP contribution >= 0.6 is 11.6 Å². The Bertz CT molecular complexity index is 509. The number of anilines is 1. The number of ether oxygens (including phenoxy) is 1. The minimum absolute atomic E-state index is 0.0347. The van der Waals surface area contributed by atoms with Crippen LogP contribution in [-0.2, 0) is 4.74 Å². The highest BCUT2D eigenvalue weighted by Crippen LogP contribution is 2.43. The Morgan fingerprint density at radius 1 is 1.72 bits per heavy atom. The van der Waals surface area contributed by atoms with E-state index in [9.17, 15) is 14.3 Å². The molecule has 0 bridgehead atoms. The Kier molecular flexibility index (Phi) is 3.28. The van der Waals surface area contributed by atoms with Crippen LogP contribution in [0.15, 0.2) is 17.1 Å². The number of hydrogen-bond donors (Lipinski definition) is 3. The summed E-state index contributed by atoms with van der Waals surface area (Å²) in [6.45, 7) is -0.632. The van der Waals surface area contributed by atoms with Crippen LogP contribution in [0, 0.1) is 0 Å². The van der Waals surface area contributed by atoms with E-state index < -0.39 is 35.9 Å². The second kappa shape index (κ2) is 4.47. The Balaban J connectivity index is 2.42. The molecule has 0 spiro atoms. The molecule has 0 aliphatic carbocycles. The molecule has 1 aromatic heterocycles. The highest BCUT2D eigenvalue weighted by molar-refractivity contribution is 6.23. The number of nitrogens with zero attached hydrogens (tertiary/aromatic N) is 2. The fourth-order valence-electron chi connectivity index (χ4n) is 1.72. The zero-order valence-electron chi connectivity index (χ0n) is 9.03. The van der Waals surface area contributed by atoms with Crippen LogP contribution in [0.3, 0.4) is 0 Å². The van der Waals surface area contributed by atoms with E-state index >= 15 is 0 Å². The van der Waals surface area contributed by atoms with E-state index in [1.165, 1.54) is 6.07 Å². The van der Waals surface area contributed by atoms with E-state index in [1.807, 2.05) is 0 Å². The molecule has 0 saturated carbocycles. The molecule has 1 aromatic rings. The number of aliphatic hydroxyl groups is 2. The molecule has 4 N–H and O–H groups in total. The lowest BCUT2D eigenvalue weighted by molar-refractivity contribution is -0.0517. The normalized spacial score (nSPS) is 35.9. The molecule has 1 saturated heterocycles. The summed E-state index contributed by atoms with van der Waals surface area (Å²) in [6.07, 6.45) is -3.43. The smallest absolute Gasteiger partial charge is 0.351 e. The third-order valence-electron chi connectivity index (χ3n) is 2.66. The van der Waals surface area contributed by atoms with Crippen LogP contribution in [0.2, 0.25) is 0 Å². The molecule has 0 unspecified atom stereocenters. The average molecular weight is 280 g/mol. The van der Waals surface area contributed by atoms with Crippen molar-refractivity contribution < 1.29 is 19.3 Å². The van der Waals surface area contributed by atoms with E-state index in [4.69, 9.17) is 27.2 Å². The molecule has 100 valence electrons. The minimum Gasteiger partial charge on any atom is -0.394 e. The average Bonchev–Trinajstić information content (AvgIpc) is 2.52. The molecule has 4 atom stereocenters. The number of nitrogens with two attached hydrogens (primary N) is 1. The number of alkyl halides is 2. The van der Waals surface area contributed by atoms with Crippen LogP contribution < -0.4 is 11.4 Å². The topological polar surface area (TPSA) is 111 Å². The van der Waals surface area contributed by atoms with Gasteiger partial charge in [0.25, 0.3) is 5.13 Å². The van der Waals surface area contributed by atoms with Gasteiger partial charge in [0.1, 0.15) is 18.0 Å². The van der Waals surface area contributed by atoms with Crippen molar-refractivity contribution in [3.05, 3.63) is 22.7 Å². The lowest BCUT2D eigenvalue weighted by Gasteiger charge is -2.22. The molecule has 18 heavy (non-hydrogen) atoms. The summed E-state index contributed by atoms with van der Waals surface area (Å²) < 4.78 is 19.9. The fraction of sp³-hybridized carbons (Fsp3) is 0.556. The SMILES string of the molecule is Nc1ccn([C@@H]2O[C@H](CO)[C@@H](O)[C@@]2(F)Cl)c(=O)n1. The van der Waals surface area contributed by atoms with Crippen molar-refractivity contribution >= 4 is 17.4 Å². The van der Waals surface area contributed by atoms with Gasteiger partial charge in [-0.1, -0.05) is 11.6 Å².